The molecule has 18 heavy (non-hydrogen) atoms. The van der Waals surface area contributed by atoms with E-state index < -0.39 is 0 Å². The second-order valence-electron chi connectivity index (χ2n) is 4.57. The number of carbonyl (C=O) groups is 1. The summed E-state index contributed by atoms with van der Waals surface area (Å²) < 4.78 is 0. The standard InChI is InChI=1S/C15H14N2O/c1-17-14-5-3-2-4-12(14)13(15(17)18)10-11-6-8-16-9-7-11/h2-9,13H,10H2,1H3. The average Bonchev–Trinajstić information content (AvgIpc) is 2.66. The van der Waals surface area contributed by atoms with Crippen LogP contribution in [0.15, 0.2) is 48.8 Å². The van der Waals surface area contributed by atoms with Crippen LogP contribution < -0.4 is 4.90 Å². The maximum Gasteiger partial charge on any atom is 0.234 e. The molecule has 0 saturated heterocycles. The number of nitrogens with zero attached hydrogens (tertiary/aromatic N) is 2. The van der Waals surface area contributed by atoms with Crippen LogP contribution in [0.3, 0.4) is 0 Å². The van der Waals surface area contributed by atoms with Crippen molar-refractivity contribution in [3.8, 4) is 0 Å². The lowest BCUT2D eigenvalue weighted by Crippen LogP contribution is -2.24. The van der Waals surface area contributed by atoms with E-state index in [9.17, 15) is 4.79 Å². The van der Waals surface area contributed by atoms with Gasteiger partial charge in [-0.25, -0.2) is 0 Å². The van der Waals surface area contributed by atoms with Gasteiger partial charge in [-0.15, -0.1) is 0 Å². The van der Waals surface area contributed by atoms with Crippen LogP contribution in [0.2, 0.25) is 0 Å². The molecule has 0 N–H and O–H groups in total. The predicted octanol–water partition coefficient (Wildman–Crippen LogP) is 2.38. The zero-order valence-electron chi connectivity index (χ0n) is 10.2. The third-order valence-electron chi connectivity index (χ3n) is 3.49. The van der Waals surface area contributed by atoms with E-state index in [1.165, 1.54) is 0 Å². The average molecular weight is 238 g/mol. The van der Waals surface area contributed by atoms with Crippen LogP contribution in [-0.2, 0) is 11.2 Å². The first-order valence-corrected chi connectivity index (χ1v) is 6.03. The lowest BCUT2D eigenvalue weighted by atomic mass is 9.94. The normalized spacial score (nSPS) is 17.9. The number of carbonyl (C=O) groups excluding carboxylic acids is 1. The molecule has 1 atom stereocenters. The lowest BCUT2D eigenvalue weighted by molar-refractivity contribution is -0.119. The summed E-state index contributed by atoms with van der Waals surface area (Å²) in [5.74, 6) is 0.113. The summed E-state index contributed by atoms with van der Waals surface area (Å²) in [4.78, 5) is 18.0. The molecule has 0 radical (unpaired) electrons. The zero-order chi connectivity index (χ0) is 12.5. The Kier molecular flexibility index (Phi) is 2.59. The minimum atomic E-state index is -0.0615. The number of pyridine rings is 1. The molecule has 1 aliphatic rings. The van der Waals surface area contributed by atoms with Crippen molar-refractivity contribution in [2.45, 2.75) is 12.3 Å². The van der Waals surface area contributed by atoms with Gasteiger partial charge < -0.3 is 4.90 Å². The molecule has 1 amide bonds. The van der Waals surface area contributed by atoms with Crippen molar-refractivity contribution in [2.24, 2.45) is 0 Å². The number of rotatable bonds is 2. The van der Waals surface area contributed by atoms with E-state index >= 15 is 0 Å². The fourth-order valence-corrected chi connectivity index (χ4v) is 2.52. The first kappa shape index (κ1) is 11.0. The van der Waals surface area contributed by atoms with E-state index in [1.807, 2.05) is 43.4 Å². The second kappa shape index (κ2) is 4.26. The molecule has 0 bridgehead atoms. The first-order chi connectivity index (χ1) is 8.77. The quantitative estimate of drug-likeness (QED) is 0.804. The van der Waals surface area contributed by atoms with Crippen molar-refractivity contribution in [1.29, 1.82) is 0 Å². The number of likely N-dealkylation sites (N-methyl/N-ethyl adjacent to an activating group) is 1. The van der Waals surface area contributed by atoms with Crippen LogP contribution >= 0.6 is 0 Å². The minimum absolute atomic E-state index is 0.0615. The molecule has 2 heterocycles. The highest BCUT2D eigenvalue weighted by atomic mass is 16.2. The molecule has 3 nitrogen and oxygen atoms in total. The van der Waals surface area contributed by atoms with Gasteiger partial charge >= 0.3 is 0 Å². The number of fused-ring (bicyclic) bond motifs is 1. The molecule has 1 aliphatic heterocycles. The van der Waals surface area contributed by atoms with Crippen LogP contribution in [0.4, 0.5) is 5.69 Å². The van der Waals surface area contributed by atoms with Gasteiger partial charge in [0.15, 0.2) is 0 Å². The summed E-state index contributed by atoms with van der Waals surface area (Å²) in [6.07, 6.45) is 4.28. The topological polar surface area (TPSA) is 33.2 Å². The Morgan fingerprint density at radius 1 is 1.17 bits per heavy atom. The van der Waals surface area contributed by atoms with Crippen molar-refractivity contribution >= 4 is 11.6 Å². The van der Waals surface area contributed by atoms with Gasteiger partial charge in [-0.3, -0.25) is 9.78 Å². The third kappa shape index (κ3) is 1.68. The lowest BCUT2D eigenvalue weighted by Gasteiger charge is -2.11. The molecule has 0 spiro atoms. The van der Waals surface area contributed by atoms with Crippen LogP contribution in [0.1, 0.15) is 17.0 Å². The Morgan fingerprint density at radius 2 is 1.89 bits per heavy atom. The highest BCUT2D eigenvalue weighted by Crippen LogP contribution is 2.37. The zero-order valence-corrected chi connectivity index (χ0v) is 10.2. The molecule has 1 unspecified atom stereocenters. The van der Waals surface area contributed by atoms with Gasteiger partial charge in [0.25, 0.3) is 0 Å². The molecule has 3 rings (SSSR count). The molecule has 3 heteroatoms. The summed E-state index contributed by atoms with van der Waals surface area (Å²) >= 11 is 0. The van der Waals surface area contributed by atoms with E-state index in [-0.39, 0.29) is 11.8 Å². The number of hydrogen-bond donors (Lipinski definition) is 0. The number of aromatic nitrogens is 1. The number of hydrogen-bond acceptors (Lipinski definition) is 2. The number of benzene rings is 1. The fraction of sp³-hybridized carbons (Fsp3) is 0.200. The SMILES string of the molecule is CN1C(=O)C(Cc2ccncc2)c2ccccc21. The van der Waals surface area contributed by atoms with Gasteiger partial charge in [-0.2, -0.15) is 0 Å². The van der Waals surface area contributed by atoms with Gasteiger partial charge in [-0.1, -0.05) is 18.2 Å². The summed E-state index contributed by atoms with van der Waals surface area (Å²) in [5.41, 5.74) is 3.30. The van der Waals surface area contributed by atoms with Crippen LogP contribution in [-0.4, -0.2) is 17.9 Å². The molecule has 1 aromatic carbocycles. The van der Waals surface area contributed by atoms with Crippen molar-refractivity contribution in [3.63, 3.8) is 0 Å². The predicted molar refractivity (Wildman–Crippen MR) is 70.5 cm³/mol. The Balaban J connectivity index is 1.96. The Morgan fingerprint density at radius 3 is 2.67 bits per heavy atom. The largest absolute Gasteiger partial charge is 0.315 e. The molecule has 0 saturated carbocycles. The number of para-hydroxylation sites is 1. The van der Waals surface area contributed by atoms with Crippen LogP contribution in [0.25, 0.3) is 0 Å². The van der Waals surface area contributed by atoms with Gasteiger partial charge in [0, 0.05) is 25.1 Å². The second-order valence-corrected chi connectivity index (χ2v) is 4.57. The molecule has 2 aromatic rings. The summed E-state index contributed by atoms with van der Waals surface area (Å²) in [6.45, 7) is 0. The molecule has 0 fully saturated rings. The molecular formula is C15H14N2O. The highest BCUT2D eigenvalue weighted by molar-refractivity contribution is 6.04. The molecule has 1 aromatic heterocycles. The first-order valence-electron chi connectivity index (χ1n) is 6.03. The Labute approximate surface area is 106 Å². The summed E-state index contributed by atoms with van der Waals surface area (Å²) in [7, 11) is 1.84. The molecule has 90 valence electrons. The van der Waals surface area contributed by atoms with Crippen LogP contribution in [0, 0.1) is 0 Å². The summed E-state index contributed by atoms with van der Waals surface area (Å²) in [6, 6.07) is 11.9. The van der Waals surface area contributed by atoms with E-state index in [4.69, 9.17) is 0 Å². The molecule has 0 aliphatic carbocycles. The van der Waals surface area contributed by atoms with Crippen molar-refractivity contribution < 1.29 is 4.79 Å². The maximum atomic E-state index is 12.3. The highest BCUT2D eigenvalue weighted by Gasteiger charge is 2.34. The van der Waals surface area contributed by atoms with Gasteiger partial charge in [0.05, 0.1) is 5.92 Å². The Hall–Kier alpha value is -2.16. The Bertz CT molecular complexity index is 580. The van der Waals surface area contributed by atoms with E-state index in [0.29, 0.717) is 0 Å². The van der Waals surface area contributed by atoms with E-state index in [0.717, 1.165) is 23.2 Å². The van der Waals surface area contributed by atoms with E-state index in [2.05, 4.69) is 4.98 Å². The number of amides is 1. The smallest absolute Gasteiger partial charge is 0.234 e. The number of anilines is 1. The summed E-state index contributed by atoms with van der Waals surface area (Å²) in [5, 5.41) is 0. The van der Waals surface area contributed by atoms with Crippen molar-refractivity contribution in [3.05, 3.63) is 59.9 Å². The van der Waals surface area contributed by atoms with Crippen molar-refractivity contribution in [2.75, 3.05) is 11.9 Å². The van der Waals surface area contributed by atoms with Gasteiger partial charge in [-0.05, 0) is 35.7 Å². The van der Waals surface area contributed by atoms with E-state index in [1.54, 1.807) is 17.3 Å². The van der Waals surface area contributed by atoms with Gasteiger partial charge in [0.2, 0.25) is 5.91 Å². The monoisotopic (exact) mass is 238 g/mol. The maximum absolute atomic E-state index is 12.3. The van der Waals surface area contributed by atoms with Gasteiger partial charge in [0.1, 0.15) is 0 Å². The third-order valence-corrected chi connectivity index (χ3v) is 3.49. The fourth-order valence-electron chi connectivity index (χ4n) is 2.52. The minimum Gasteiger partial charge on any atom is -0.315 e. The van der Waals surface area contributed by atoms with Crippen LogP contribution in [0.5, 0.6) is 0 Å². The van der Waals surface area contributed by atoms with Crippen molar-refractivity contribution in [1.82, 2.24) is 4.98 Å². The molecular weight excluding hydrogens is 224 g/mol.